The Kier molecular flexibility index (Phi) is 4.47. The predicted molar refractivity (Wildman–Crippen MR) is 60.3 cm³/mol. The molecule has 72 valence electrons. The van der Waals surface area contributed by atoms with Gasteiger partial charge in [-0.1, -0.05) is 12.1 Å². The van der Waals surface area contributed by atoms with Gasteiger partial charge in [0.1, 0.15) is 0 Å². The molecule has 0 saturated carbocycles. The summed E-state index contributed by atoms with van der Waals surface area (Å²) in [4.78, 5) is 14.3. The van der Waals surface area contributed by atoms with E-state index in [9.17, 15) is 4.79 Å². The summed E-state index contributed by atoms with van der Waals surface area (Å²) in [6.07, 6.45) is 1.02. The molecule has 0 heterocycles. The zero-order chi connectivity index (χ0) is 10.4. The quantitative estimate of drug-likeness (QED) is 0.448. The highest BCUT2D eigenvalue weighted by Gasteiger charge is 1.98. The largest absolute Gasteiger partial charge is 0.281 e. The molecule has 0 aliphatic carbocycles. The number of carbonyl (C=O) groups excluding carboxylic acids is 1. The van der Waals surface area contributed by atoms with Crippen molar-refractivity contribution in [2.24, 2.45) is 4.99 Å². The van der Waals surface area contributed by atoms with Crippen molar-refractivity contribution in [2.45, 2.75) is 12.8 Å². The average Bonchev–Trinajstić information content (AvgIpc) is 2.17. The van der Waals surface area contributed by atoms with Crippen LogP contribution in [-0.2, 0) is 11.2 Å². The van der Waals surface area contributed by atoms with Crippen molar-refractivity contribution in [1.82, 2.24) is 0 Å². The fourth-order valence-corrected chi connectivity index (χ4v) is 1.23. The van der Waals surface area contributed by atoms with Crippen LogP contribution in [0.2, 0.25) is 0 Å². The number of aryl methyl sites for hydroxylation is 1. The van der Waals surface area contributed by atoms with Crippen molar-refractivity contribution >= 4 is 39.9 Å². The van der Waals surface area contributed by atoms with Gasteiger partial charge in [0.25, 0.3) is 0 Å². The lowest BCUT2D eigenvalue weighted by Gasteiger charge is -1.97. The van der Waals surface area contributed by atoms with Gasteiger partial charge < -0.3 is 0 Å². The summed E-state index contributed by atoms with van der Waals surface area (Å²) in [7, 11) is 0. The number of rotatable bonds is 4. The summed E-state index contributed by atoms with van der Waals surface area (Å²) in [6, 6.07) is 7.44. The Morgan fingerprint density at radius 2 is 2.07 bits per heavy atom. The molecule has 0 N–H and O–H groups in total. The maximum absolute atomic E-state index is 10.5. The summed E-state index contributed by atoms with van der Waals surface area (Å²) >= 11 is 9.70. The van der Waals surface area contributed by atoms with E-state index in [-0.39, 0.29) is 5.24 Å². The fraction of sp³-hybridized carbons (Fsp3) is 0.200. The summed E-state index contributed by atoms with van der Waals surface area (Å²) < 4.78 is 0. The van der Waals surface area contributed by atoms with Crippen LogP contribution in [0.5, 0.6) is 0 Å². The van der Waals surface area contributed by atoms with Crippen molar-refractivity contribution in [3.05, 3.63) is 29.8 Å². The van der Waals surface area contributed by atoms with Crippen LogP contribution in [-0.4, -0.2) is 10.4 Å². The van der Waals surface area contributed by atoms with Crippen molar-refractivity contribution in [1.29, 1.82) is 0 Å². The normalized spacial score (nSPS) is 9.21. The molecule has 4 heteroatoms. The van der Waals surface area contributed by atoms with Crippen LogP contribution < -0.4 is 0 Å². The lowest BCUT2D eigenvalue weighted by Crippen LogP contribution is -1.90. The Labute approximate surface area is 92.6 Å². The molecule has 0 aliphatic heterocycles. The van der Waals surface area contributed by atoms with E-state index < -0.39 is 0 Å². The predicted octanol–water partition coefficient (Wildman–Crippen LogP) is 3.12. The molecule has 2 nitrogen and oxygen atoms in total. The van der Waals surface area contributed by atoms with Gasteiger partial charge in [-0.15, -0.1) is 0 Å². The molecule has 14 heavy (non-hydrogen) atoms. The van der Waals surface area contributed by atoms with Gasteiger partial charge in [0, 0.05) is 6.42 Å². The molecule has 0 spiro atoms. The van der Waals surface area contributed by atoms with E-state index in [1.165, 1.54) is 0 Å². The first-order valence-corrected chi connectivity index (χ1v) is 4.86. The van der Waals surface area contributed by atoms with E-state index in [1.807, 2.05) is 24.3 Å². The first kappa shape index (κ1) is 11.1. The zero-order valence-corrected chi connectivity index (χ0v) is 8.94. The van der Waals surface area contributed by atoms with E-state index in [0.29, 0.717) is 12.8 Å². The fourth-order valence-electron chi connectivity index (χ4n) is 1.03. The maximum Gasteiger partial charge on any atom is 0.221 e. The number of thiocarbonyl (C=S) groups is 1. The van der Waals surface area contributed by atoms with Gasteiger partial charge in [0.15, 0.2) is 0 Å². The van der Waals surface area contributed by atoms with Gasteiger partial charge in [-0.25, -0.2) is 0 Å². The monoisotopic (exact) mass is 225 g/mol. The van der Waals surface area contributed by atoms with Crippen molar-refractivity contribution in [3.63, 3.8) is 0 Å². The summed E-state index contributed by atoms with van der Waals surface area (Å²) in [5.74, 6) is 0. The van der Waals surface area contributed by atoms with Crippen LogP contribution >= 0.6 is 23.8 Å². The van der Waals surface area contributed by atoms with E-state index >= 15 is 0 Å². The second-order valence-electron chi connectivity index (χ2n) is 2.72. The number of carbonyl (C=O) groups is 1. The van der Waals surface area contributed by atoms with Crippen molar-refractivity contribution < 1.29 is 4.79 Å². The molecule has 1 rings (SSSR count). The van der Waals surface area contributed by atoms with E-state index in [1.54, 1.807) is 0 Å². The van der Waals surface area contributed by atoms with Crippen LogP contribution in [0.1, 0.15) is 12.0 Å². The van der Waals surface area contributed by atoms with Gasteiger partial charge in [0.05, 0.1) is 10.8 Å². The molecule has 0 saturated heterocycles. The second-order valence-corrected chi connectivity index (χ2v) is 3.33. The lowest BCUT2D eigenvalue weighted by atomic mass is 10.1. The average molecular weight is 226 g/mol. The van der Waals surface area contributed by atoms with Crippen molar-refractivity contribution in [3.8, 4) is 0 Å². The van der Waals surface area contributed by atoms with Gasteiger partial charge in [-0.3, -0.25) is 4.79 Å². The Balaban J connectivity index is 2.63. The van der Waals surface area contributed by atoms with Gasteiger partial charge >= 0.3 is 0 Å². The smallest absolute Gasteiger partial charge is 0.221 e. The van der Waals surface area contributed by atoms with E-state index in [2.05, 4.69) is 22.4 Å². The third kappa shape index (κ3) is 3.79. The Morgan fingerprint density at radius 3 is 2.57 bits per heavy atom. The number of hydrogen-bond acceptors (Lipinski definition) is 3. The van der Waals surface area contributed by atoms with Gasteiger partial charge in [-0.05, 0) is 47.9 Å². The molecule has 0 radical (unpaired) electrons. The summed E-state index contributed by atoms with van der Waals surface area (Å²) in [5, 5.41) is 1.97. The number of halogens is 1. The van der Waals surface area contributed by atoms with Gasteiger partial charge in [0.2, 0.25) is 5.24 Å². The minimum absolute atomic E-state index is 0.314. The molecule has 0 atom stereocenters. The molecule has 1 aromatic rings. The molecule has 0 bridgehead atoms. The molecule has 0 fully saturated rings. The Hall–Kier alpha value is -1.02. The number of nitrogens with zero attached hydrogens (tertiary/aromatic N) is 1. The molecule has 0 aromatic heterocycles. The Bertz CT molecular complexity index is 368. The number of benzene rings is 1. The minimum atomic E-state index is -0.314. The molecular formula is C10H8ClNOS. The number of hydrogen-bond donors (Lipinski definition) is 0. The number of aliphatic imine (C=N–C) groups is 1. The molecular weight excluding hydrogens is 218 g/mol. The SMILES string of the molecule is O=C(Cl)CCc1ccc(N=C=S)cc1. The highest BCUT2D eigenvalue weighted by molar-refractivity contribution is 7.78. The highest BCUT2D eigenvalue weighted by Crippen LogP contribution is 2.13. The summed E-state index contributed by atoms with van der Waals surface area (Å²) in [6.45, 7) is 0. The van der Waals surface area contributed by atoms with Crippen LogP contribution in [0.25, 0.3) is 0 Å². The standard InChI is InChI=1S/C10H8ClNOS/c11-10(13)6-3-8-1-4-9(5-2-8)12-7-14/h1-2,4-5H,3,6H2. The first-order valence-electron chi connectivity index (χ1n) is 4.07. The lowest BCUT2D eigenvalue weighted by molar-refractivity contribution is -0.111. The van der Waals surface area contributed by atoms with Crippen LogP contribution in [0, 0.1) is 0 Å². The molecule has 1 aromatic carbocycles. The topological polar surface area (TPSA) is 29.4 Å². The zero-order valence-electron chi connectivity index (χ0n) is 7.37. The third-order valence-corrected chi connectivity index (χ3v) is 2.00. The first-order chi connectivity index (χ1) is 6.72. The highest BCUT2D eigenvalue weighted by atomic mass is 35.5. The Morgan fingerprint density at radius 1 is 1.43 bits per heavy atom. The van der Waals surface area contributed by atoms with Crippen LogP contribution in [0.3, 0.4) is 0 Å². The molecule has 0 amide bonds. The van der Waals surface area contributed by atoms with Gasteiger partial charge in [-0.2, -0.15) is 4.99 Å². The van der Waals surface area contributed by atoms with Crippen LogP contribution in [0.15, 0.2) is 29.3 Å². The molecule has 0 aliphatic rings. The number of isothiocyanates is 1. The molecule has 0 unspecified atom stereocenters. The van der Waals surface area contributed by atoms with E-state index in [4.69, 9.17) is 11.6 Å². The van der Waals surface area contributed by atoms with E-state index in [0.717, 1.165) is 11.3 Å². The van der Waals surface area contributed by atoms with Crippen LogP contribution in [0.4, 0.5) is 5.69 Å². The van der Waals surface area contributed by atoms with Crippen molar-refractivity contribution in [2.75, 3.05) is 0 Å². The maximum atomic E-state index is 10.5. The third-order valence-electron chi connectivity index (χ3n) is 1.72. The summed E-state index contributed by atoms with van der Waals surface area (Å²) in [5.41, 5.74) is 1.82. The second kappa shape index (κ2) is 5.66. The minimum Gasteiger partial charge on any atom is -0.281 e.